The van der Waals surface area contributed by atoms with Gasteiger partial charge in [0.2, 0.25) is 11.8 Å². The van der Waals surface area contributed by atoms with E-state index in [0.717, 1.165) is 84.7 Å². The minimum Gasteiger partial charge on any atom is -0.372 e. The third-order valence-electron chi connectivity index (χ3n) is 8.67. The maximum atomic E-state index is 13.5. The third kappa shape index (κ3) is 5.64. The quantitative estimate of drug-likeness (QED) is 0.453. The van der Waals surface area contributed by atoms with Crippen LogP contribution in [0.25, 0.3) is 21.8 Å². The highest BCUT2D eigenvalue weighted by Gasteiger charge is 2.25. The Kier molecular flexibility index (Phi) is 7.87. The number of nitrogens with zero attached hydrogens (tertiary/aromatic N) is 6. The summed E-state index contributed by atoms with van der Waals surface area (Å²) in [6.45, 7) is 7.44. The molecule has 2 aromatic carbocycles. The summed E-state index contributed by atoms with van der Waals surface area (Å²) in [5.41, 5.74) is 4.42. The number of carbonyl (C=O) groups excluding carboxylic acids is 2. The minimum atomic E-state index is 0.0344. The fraction of sp³-hybridized carbons (Fsp3) is 0.516. The predicted molar refractivity (Wildman–Crippen MR) is 162 cm³/mol. The number of likely N-dealkylation sites (tertiary alicyclic amines) is 2. The molecule has 0 saturated carbocycles. The van der Waals surface area contributed by atoms with Gasteiger partial charge in [-0.2, -0.15) is 0 Å². The van der Waals surface area contributed by atoms with E-state index in [1.165, 1.54) is 25.7 Å². The van der Waals surface area contributed by atoms with E-state index < -0.39 is 0 Å². The van der Waals surface area contributed by atoms with Crippen LogP contribution >= 0.6 is 0 Å². The fourth-order valence-corrected chi connectivity index (χ4v) is 6.43. The van der Waals surface area contributed by atoms with Crippen LogP contribution in [-0.4, -0.2) is 98.1 Å². The molecule has 0 spiro atoms. The molecule has 212 valence electrons. The summed E-state index contributed by atoms with van der Waals surface area (Å²) < 4.78 is 0. The minimum absolute atomic E-state index is 0.0344. The molecule has 4 bridgehead atoms. The monoisotopic (exact) mass is 543 g/mol. The highest BCUT2D eigenvalue weighted by Crippen LogP contribution is 2.37. The van der Waals surface area contributed by atoms with Crippen molar-refractivity contribution in [2.45, 2.75) is 38.5 Å². The maximum Gasteiger partial charge on any atom is 0.242 e. The summed E-state index contributed by atoms with van der Waals surface area (Å²) in [6, 6.07) is 12.2. The van der Waals surface area contributed by atoms with Crippen molar-refractivity contribution in [3.05, 3.63) is 36.4 Å². The standard InChI is InChI=1S/C31H41N7O2/c1-34-19-20-35(2)38(30(40)12-18-37-15-5-6-16-37)24-8-10-26-28(22-24)33-27-21-23(7-9-25(27)31(26)34)32-29(39)11-17-36-13-3-4-14-36/h7-10,21-22H,3-6,11-20H2,1-2H3,(H,32,39). The van der Waals surface area contributed by atoms with Crippen molar-refractivity contribution in [1.82, 2.24) is 19.8 Å². The van der Waals surface area contributed by atoms with E-state index in [-0.39, 0.29) is 11.8 Å². The summed E-state index contributed by atoms with van der Waals surface area (Å²) in [5, 5.41) is 9.07. The van der Waals surface area contributed by atoms with Crippen molar-refractivity contribution < 1.29 is 9.59 Å². The Morgan fingerprint density at radius 1 is 0.775 bits per heavy atom. The molecule has 0 unspecified atom stereocenters. The zero-order valence-corrected chi connectivity index (χ0v) is 23.9. The van der Waals surface area contributed by atoms with Gasteiger partial charge in [0.05, 0.1) is 22.4 Å². The van der Waals surface area contributed by atoms with Gasteiger partial charge in [0, 0.05) is 69.6 Å². The Balaban J connectivity index is 1.29. The molecule has 0 aliphatic carbocycles. The smallest absolute Gasteiger partial charge is 0.242 e. The molecule has 0 atom stereocenters. The lowest BCUT2D eigenvalue weighted by Gasteiger charge is -2.35. The first-order chi connectivity index (χ1) is 19.5. The van der Waals surface area contributed by atoms with Gasteiger partial charge in [-0.25, -0.2) is 15.0 Å². The summed E-state index contributed by atoms with van der Waals surface area (Å²) in [6.07, 6.45) is 5.89. The molecular weight excluding hydrogens is 502 g/mol. The second-order valence-electron chi connectivity index (χ2n) is 11.5. The summed E-state index contributed by atoms with van der Waals surface area (Å²) in [4.78, 5) is 38.3. The number of likely N-dealkylation sites (N-methyl/N-ethyl adjacent to an activating group) is 2. The largest absolute Gasteiger partial charge is 0.372 e. The number of hydrogen-bond acceptors (Lipinski definition) is 7. The molecular formula is C31H41N7O2. The Morgan fingerprint density at radius 2 is 1.40 bits per heavy atom. The van der Waals surface area contributed by atoms with Crippen molar-refractivity contribution >= 4 is 50.7 Å². The number of hydrogen-bond donors (Lipinski definition) is 1. The van der Waals surface area contributed by atoms with Gasteiger partial charge in [-0.05, 0) is 88.3 Å². The zero-order chi connectivity index (χ0) is 27.6. The van der Waals surface area contributed by atoms with Crippen molar-refractivity contribution in [1.29, 1.82) is 0 Å². The predicted octanol–water partition coefficient (Wildman–Crippen LogP) is 3.93. The number of amides is 2. The molecule has 40 heavy (non-hydrogen) atoms. The van der Waals surface area contributed by atoms with Crippen molar-refractivity contribution in [2.24, 2.45) is 0 Å². The topological polar surface area (TPSA) is 75.3 Å². The molecule has 0 radical (unpaired) electrons. The highest BCUT2D eigenvalue weighted by atomic mass is 16.2. The Hall–Kier alpha value is -3.27. The van der Waals surface area contributed by atoms with E-state index in [1.807, 2.05) is 41.3 Å². The SMILES string of the molecule is CN1CCN(C)N(C(=O)CCN2CCCC2)c2ccc3c1c1ccc(NC(=O)CCN4CCCC4)cc1nc3c2. The average molecular weight is 544 g/mol. The molecule has 9 heteroatoms. The van der Waals surface area contributed by atoms with E-state index in [9.17, 15) is 9.59 Å². The Labute approximate surface area is 236 Å². The maximum absolute atomic E-state index is 13.5. The van der Waals surface area contributed by atoms with Gasteiger partial charge in [0.15, 0.2) is 0 Å². The number of carbonyl (C=O) groups is 2. The highest BCUT2D eigenvalue weighted by molar-refractivity contribution is 6.10. The number of anilines is 3. The zero-order valence-electron chi connectivity index (χ0n) is 23.9. The first-order valence-electron chi connectivity index (χ1n) is 14.8. The van der Waals surface area contributed by atoms with Crippen molar-refractivity contribution in [3.8, 4) is 0 Å². The molecule has 4 aliphatic heterocycles. The van der Waals surface area contributed by atoms with Gasteiger partial charge >= 0.3 is 0 Å². The van der Waals surface area contributed by atoms with Crippen LogP contribution in [0, 0.1) is 0 Å². The van der Waals surface area contributed by atoms with Crippen LogP contribution in [0.4, 0.5) is 17.1 Å². The Bertz CT molecular complexity index is 1400. The fourth-order valence-electron chi connectivity index (χ4n) is 6.43. The second kappa shape index (κ2) is 11.7. The summed E-state index contributed by atoms with van der Waals surface area (Å²) >= 11 is 0. The first-order valence-corrected chi connectivity index (χ1v) is 14.8. The number of hydrazine groups is 1. The van der Waals surface area contributed by atoms with Gasteiger partial charge < -0.3 is 20.0 Å². The summed E-state index contributed by atoms with van der Waals surface area (Å²) in [5.74, 6) is 0.143. The first kappa shape index (κ1) is 26.9. The van der Waals surface area contributed by atoms with Crippen LogP contribution in [0.15, 0.2) is 36.4 Å². The number of benzene rings is 2. The van der Waals surface area contributed by atoms with Gasteiger partial charge in [-0.1, -0.05) is 0 Å². The molecule has 9 nitrogen and oxygen atoms in total. The van der Waals surface area contributed by atoms with Crippen molar-refractivity contribution in [3.63, 3.8) is 0 Å². The van der Waals surface area contributed by atoms with E-state index in [0.29, 0.717) is 19.4 Å². The lowest BCUT2D eigenvalue weighted by molar-refractivity contribution is -0.121. The molecule has 2 amide bonds. The van der Waals surface area contributed by atoms with Crippen LogP contribution in [0.5, 0.6) is 0 Å². The van der Waals surface area contributed by atoms with E-state index in [2.05, 4.69) is 39.2 Å². The van der Waals surface area contributed by atoms with E-state index >= 15 is 0 Å². The van der Waals surface area contributed by atoms with Gasteiger partial charge in [0.1, 0.15) is 0 Å². The molecule has 4 aliphatic rings. The lowest BCUT2D eigenvalue weighted by atomic mass is 10.0. The van der Waals surface area contributed by atoms with Crippen LogP contribution in [0.2, 0.25) is 0 Å². The second-order valence-corrected chi connectivity index (χ2v) is 11.5. The number of pyridine rings is 1. The van der Waals surface area contributed by atoms with Crippen LogP contribution in [0.1, 0.15) is 38.5 Å². The number of rotatable bonds is 7. The molecule has 2 fully saturated rings. The van der Waals surface area contributed by atoms with Crippen LogP contribution in [0.3, 0.4) is 0 Å². The van der Waals surface area contributed by atoms with Gasteiger partial charge in [-0.3, -0.25) is 9.59 Å². The van der Waals surface area contributed by atoms with Crippen LogP contribution in [-0.2, 0) is 9.59 Å². The Morgan fingerprint density at radius 3 is 2.10 bits per heavy atom. The third-order valence-corrected chi connectivity index (χ3v) is 8.67. The molecule has 1 N–H and O–H groups in total. The molecule has 1 aromatic heterocycles. The van der Waals surface area contributed by atoms with Crippen molar-refractivity contribution in [2.75, 3.05) is 81.7 Å². The van der Waals surface area contributed by atoms with Gasteiger partial charge in [-0.15, -0.1) is 0 Å². The molecule has 5 heterocycles. The number of fused-ring (bicyclic) bond motifs is 6. The summed E-state index contributed by atoms with van der Waals surface area (Å²) in [7, 11) is 4.09. The molecule has 7 rings (SSSR count). The number of aromatic nitrogens is 1. The van der Waals surface area contributed by atoms with E-state index in [4.69, 9.17) is 4.98 Å². The van der Waals surface area contributed by atoms with E-state index in [1.54, 1.807) is 0 Å². The molecule has 3 aromatic rings. The number of nitrogens with one attached hydrogen (secondary N) is 1. The average Bonchev–Trinajstić information content (AvgIpc) is 3.67. The molecule has 2 saturated heterocycles. The van der Waals surface area contributed by atoms with Gasteiger partial charge in [0.25, 0.3) is 0 Å². The normalized spacial score (nSPS) is 18.9. The van der Waals surface area contributed by atoms with Crippen LogP contribution < -0.4 is 15.2 Å². The lowest BCUT2D eigenvalue weighted by Crippen LogP contribution is -2.48.